The summed E-state index contributed by atoms with van der Waals surface area (Å²) in [4.78, 5) is 22.8. The average Bonchev–Trinajstić information content (AvgIpc) is 2.62. The van der Waals surface area contributed by atoms with Gasteiger partial charge in [0, 0.05) is 12.8 Å². The van der Waals surface area contributed by atoms with Crippen LogP contribution in [0.2, 0.25) is 5.02 Å². The van der Waals surface area contributed by atoms with Crippen molar-refractivity contribution in [2.45, 2.75) is 43.5 Å². The number of para-hydroxylation sites is 1. The molecule has 1 aromatic carbocycles. The summed E-state index contributed by atoms with van der Waals surface area (Å²) in [6.07, 6.45) is -6.95. The molecule has 0 aliphatic rings. The van der Waals surface area contributed by atoms with Crippen LogP contribution in [0, 0.1) is 5.82 Å². The monoisotopic (exact) mass is 474 g/mol. The maximum Gasteiger partial charge on any atom is 0.381 e. The molecule has 0 saturated carbocycles. The number of carbonyl (C=O) groups is 2. The van der Waals surface area contributed by atoms with Crippen LogP contribution in [0.25, 0.3) is 0 Å². The Morgan fingerprint density at radius 2 is 1.57 bits per heavy atom. The quantitative estimate of drug-likeness (QED) is 0.263. The van der Waals surface area contributed by atoms with Gasteiger partial charge in [0.25, 0.3) is 0 Å². The molecule has 0 aromatic heterocycles. The van der Waals surface area contributed by atoms with Crippen molar-refractivity contribution in [1.29, 1.82) is 0 Å². The molecule has 1 aromatic rings. The predicted molar refractivity (Wildman–Crippen MR) is 82.7 cm³/mol. The Labute approximate surface area is 167 Å². The Morgan fingerprint density at radius 3 is 2.10 bits per heavy atom. The molecule has 0 N–H and O–H groups in total. The lowest BCUT2D eigenvalue weighted by Crippen LogP contribution is -2.59. The minimum atomic E-state index is -6.50. The third-order valence-electron chi connectivity index (χ3n) is 3.46. The van der Waals surface area contributed by atoms with Gasteiger partial charge in [0.2, 0.25) is 0 Å². The first kappa shape index (κ1) is 25.9. The first-order valence-corrected chi connectivity index (χ1v) is 8.23. The van der Waals surface area contributed by atoms with Crippen LogP contribution in [0.5, 0.6) is 5.75 Å². The Balaban J connectivity index is 2.52. The number of ether oxygens (including phenoxy) is 2. The van der Waals surface area contributed by atoms with Gasteiger partial charge in [0.05, 0.1) is 5.02 Å². The molecule has 170 valence electrons. The molecule has 1 rings (SSSR count). The van der Waals surface area contributed by atoms with Gasteiger partial charge < -0.3 is 9.47 Å². The molecule has 0 atom stereocenters. The van der Waals surface area contributed by atoms with E-state index < -0.39 is 73.6 Å². The molecule has 0 radical (unpaired) electrons. The Morgan fingerprint density at radius 1 is 1.00 bits per heavy atom. The summed E-state index contributed by atoms with van der Waals surface area (Å²) in [6, 6.07) is 3.36. The highest BCUT2D eigenvalue weighted by atomic mass is 35.5. The van der Waals surface area contributed by atoms with E-state index in [1.165, 1.54) is 12.1 Å². The first-order chi connectivity index (χ1) is 13.6. The SMILES string of the molecule is O=C(CCCC(=O)Oc1c(F)cccc1Cl)OCC(F)(F)C(F)(F)C(F)(F)C(F)F. The minimum absolute atomic E-state index is 0.244. The van der Waals surface area contributed by atoms with Crippen molar-refractivity contribution in [3.05, 3.63) is 29.0 Å². The van der Waals surface area contributed by atoms with E-state index in [1.54, 1.807) is 0 Å². The van der Waals surface area contributed by atoms with Crippen LogP contribution >= 0.6 is 11.6 Å². The smallest absolute Gasteiger partial charge is 0.381 e. The van der Waals surface area contributed by atoms with Crippen molar-refractivity contribution in [1.82, 2.24) is 0 Å². The van der Waals surface area contributed by atoms with Crippen LogP contribution in [0.15, 0.2) is 18.2 Å². The number of alkyl halides is 8. The zero-order chi connectivity index (χ0) is 23.3. The zero-order valence-corrected chi connectivity index (χ0v) is 15.3. The van der Waals surface area contributed by atoms with E-state index in [1.807, 2.05) is 0 Å². The molecule has 30 heavy (non-hydrogen) atoms. The maximum atomic E-state index is 13.4. The lowest BCUT2D eigenvalue weighted by molar-refractivity contribution is -0.344. The highest BCUT2D eigenvalue weighted by Gasteiger charge is 2.75. The minimum Gasteiger partial charge on any atom is -0.459 e. The van der Waals surface area contributed by atoms with Crippen molar-refractivity contribution < 1.29 is 58.6 Å². The van der Waals surface area contributed by atoms with E-state index in [4.69, 9.17) is 11.6 Å². The average molecular weight is 475 g/mol. The molecule has 0 fully saturated rings. The zero-order valence-electron chi connectivity index (χ0n) is 14.6. The topological polar surface area (TPSA) is 52.6 Å². The molecule has 4 nitrogen and oxygen atoms in total. The summed E-state index contributed by atoms with van der Waals surface area (Å²) in [6.45, 7) is -2.60. The van der Waals surface area contributed by atoms with Gasteiger partial charge in [-0.3, -0.25) is 9.59 Å². The Bertz CT molecular complexity index is 751. The van der Waals surface area contributed by atoms with Crippen LogP contribution in [0.4, 0.5) is 39.5 Å². The molecule has 0 heterocycles. The number of halogens is 10. The standard InChI is InChI=1S/C16H12ClF9O4/c17-8-3-1-4-9(18)12(8)30-11(28)6-2-5-10(27)29-7-14(21,22)16(25,26)15(23,24)13(19)20/h1,3-4,13H,2,5-7H2. The van der Waals surface area contributed by atoms with Gasteiger partial charge in [-0.25, -0.2) is 13.2 Å². The molecular formula is C16H12ClF9O4. The number of hydrogen-bond acceptors (Lipinski definition) is 4. The van der Waals surface area contributed by atoms with E-state index in [0.29, 0.717) is 0 Å². The van der Waals surface area contributed by atoms with E-state index in [-0.39, 0.29) is 5.02 Å². The fourth-order valence-corrected chi connectivity index (χ4v) is 2.04. The molecule has 0 unspecified atom stereocenters. The summed E-state index contributed by atoms with van der Waals surface area (Å²) in [5.41, 5.74) is 0. The molecule has 0 spiro atoms. The summed E-state index contributed by atoms with van der Waals surface area (Å²) < 4.78 is 123. The fourth-order valence-electron chi connectivity index (χ4n) is 1.84. The van der Waals surface area contributed by atoms with Crippen LogP contribution in [-0.4, -0.2) is 42.7 Å². The van der Waals surface area contributed by atoms with Crippen LogP contribution in [-0.2, 0) is 14.3 Å². The van der Waals surface area contributed by atoms with E-state index >= 15 is 0 Å². The number of rotatable bonds is 10. The van der Waals surface area contributed by atoms with Gasteiger partial charge in [-0.1, -0.05) is 17.7 Å². The number of benzene rings is 1. The lowest BCUT2D eigenvalue weighted by atomic mass is 10.1. The van der Waals surface area contributed by atoms with Crippen LogP contribution in [0.1, 0.15) is 19.3 Å². The summed E-state index contributed by atoms with van der Waals surface area (Å²) >= 11 is 5.61. The van der Waals surface area contributed by atoms with Gasteiger partial charge >= 0.3 is 36.1 Å². The van der Waals surface area contributed by atoms with Crippen molar-refractivity contribution >= 4 is 23.5 Å². The van der Waals surface area contributed by atoms with Gasteiger partial charge in [0.15, 0.2) is 18.2 Å². The number of esters is 2. The van der Waals surface area contributed by atoms with Crippen molar-refractivity contribution in [2.24, 2.45) is 0 Å². The highest BCUT2D eigenvalue weighted by Crippen LogP contribution is 2.48. The molecule has 0 aliphatic carbocycles. The molecule has 0 aliphatic heterocycles. The summed E-state index contributed by atoms with van der Waals surface area (Å²) in [5.74, 6) is -23.0. The normalized spacial score (nSPS) is 12.8. The van der Waals surface area contributed by atoms with Crippen molar-refractivity contribution in [3.63, 3.8) is 0 Å². The second kappa shape index (κ2) is 9.75. The van der Waals surface area contributed by atoms with Crippen LogP contribution in [0.3, 0.4) is 0 Å². The maximum absolute atomic E-state index is 13.4. The number of hydrogen-bond donors (Lipinski definition) is 0. The molecule has 14 heteroatoms. The second-order valence-electron chi connectivity index (χ2n) is 5.74. The first-order valence-electron chi connectivity index (χ1n) is 7.85. The van der Waals surface area contributed by atoms with Crippen molar-refractivity contribution in [3.8, 4) is 5.75 Å². The highest BCUT2D eigenvalue weighted by molar-refractivity contribution is 6.32. The van der Waals surface area contributed by atoms with Gasteiger partial charge in [-0.2, -0.15) is 26.3 Å². The van der Waals surface area contributed by atoms with Gasteiger partial charge in [-0.15, -0.1) is 0 Å². The predicted octanol–water partition coefficient (Wildman–Crippen LogP) is 5.27. The van der Waals surface area contributed by atoms with Crippen molar-refractivity contribution in [2.75, 3.05) is 6.61 Å². The molecular weight excluding hydrogens is 463 g/mol. The largest absolute Gasteiger partial charge is 0.459 e. The molecule has 0 saturated heterocycles. The Hall–Kier alpha value is -2.18. The van der Waals surface area contributed by atoms with Crippen LogP contribution < -0.4 is 4.74 Å². The van der Waals surface area contributed by atoms with Gasteiger partial charge in [0.1, 0.15) is 0 Å². The van der Waals surface area contributed by atoms with E-state index in [0.717, 1.165) is 6.07 Å². The van der Waals surface area contributed by atoms with Gasteiger partial charge in [-0.05, 0) is 18.6 Å². The number of carbonyl (C=O) groups excluding carboxylic acids is 2. The van der Waals surface area contributed by atoms with E-state index in [2.05, 4.69) is 9.47 Å². The lowest BCUT2D eigenvalue weighted by Gasteiger charge is -2.31. The second-order valence-corrected chi connectivity index (χ2v) is 6.15. The Kier molecular flexibility index (Phi) is 8.40. The molecule has 0 amide bonds. The molecule has 0 bridgehead atoms. The third kappa shape index (κ3) is 5.92. The summed E-state index contributed by atoms with van der Waals surface area (Å²) in [7, 11) is 0. The fraction of sp³-hybridized carbons (Fsp3) is 0.500. The third-order valence-corrected chi connectivity index (χ3v) is 3.76. The van der Waals surface area contributed by atoms with E-state index in [9.17, 15) is 49.1 Å². The summed E-state index contributed by atoms with van der Waals surface area (Å²) in [5, 5.41) is -0.244.